The summed E-state index contributed by atoms with van der Waals surface area (Å²) < 4.78 is 6.73. The first-order valence-corrected chi connectivity index (χ1v) is 8.07. The Hall–Kier alpha value is -1.10. The highest BCUT2D eigenvalue weighted by atomic mass is 79.9. The van der Waals surface area contributed by atoms with Crippen LogP contribution in [-0.2, 0) is 6.54 Å². The molecule has 3 nitrogen and oxygen atoms in total. The van der Waals surface area contributed by atoms with Gasteiger partial charge in [-0.15, -0.1) is 0 Å². The van der Waals surface area contributed by atoms with E-state index in [1.807, 2.05) is 31.2 Å². The van der Waals surface area contributed by atoms with Gasteiger partial charge in [0.05, 0.1) is 15.2 Å². The number of hydrogen-bond donors (Lipinski definition) is 1. The minimum Gasteiger partial charge on any atom is -0.438 e. The van der Waals surface area contributed by atoms with Crippen molar-refractivity contribution in [2.24, 2.45) is 0 Å². The number of rotatable bonds is 6. The van der Waals surface area contributed by atoms with E-state index in [1.165, 1.54) is 5.56 Å². The Balaban J connectivity index is 2.14. The van der Waals surface area contributed by atoms with Crippen molar-refractivity contribution in [3.05, 3.63) is 51.1 Å². The lowest BCUT2D eigenvalue weighted by atomic mass is 10.2. The van der Waals surface area contributed by atoms with Crippen LogP contribution < -0.4 is 10.1 Å². The van der Waals surface area contributed by atoms with Gasteiger partial charge in [-0.05, 0) is 59.6 Å². The lowest BCUT2D eigenvalue weighted by Crippen LogP contribution is -2.15. The number of aromatic nitrogens is 1. The second-order valence-electron chi connectivity index (χ2n) is 4.79. The van der Waals surface area contributed by atoms with Crippen molar-refractivity contribution >= 4 is 27.5 Å². The van der Waals surface area contributed by atoms with Gasteiger partial charge in [0.25, 0.3) is 0 Å². The molecule has 0 saturated carbocycles. The predicted octanol–water partition coefficient (Wildman–Crippen LogP) is 5.10. The second kappa shape index (κ2) is 7.78. The number of halogens is 2. The topological polar surface area (TPSA) is 34.2 Å². The third kappa shape index (κ3) is 4.70. The zero-order chi connectivity index (χ0) is 15.2. The van der Waals surface area contributed by atoms with Crippen molar-refractivity contribution in [1.82, 2.24) is 10.3 Å². The molecule has 1 heterocycles. The van der Waals surface area contributed by atoms with Gasteiger partial charge in [-0.1, -0.05) is 24.6 Å². The van der Waals surface area contributed by atoms with Crippen LogP contribution in [0.5, 0.6) is 11.6 Å². The summed E-state index contributed by atoms with van der Waals surface area (Å²) in [6.45, 7) is 5.73. The molecule has 0 bridgehead atoms. The van der Waals surface area contributed by atoms with E-state index in [1.54, 1.807) is 6.07 Å². The summed E-state index contributed by atoms with van der Waals surface area (Å²) in [6, 6.07) is 9.52. The van der Waals surface area contributed by atoms with E-state index in [0.29, 0.717) is 17.4 Å². The molecule has 0 amide bonds. The fourth-order valence-electron chi connectivity index (χ4n) is 1.83. The first-order chi connectivity index (χ1) is 10.1. The molecule has 21 heavy (non-hydrogen) atoms. The molecule has 0 fully saturated rings. The summed E-state index contributed by atoms with van der Waals surface area (Å²) in [5.74, 6) is 1.28. The highest BCUT2D eigenvalue weighted by Crippen LogP contribution is 2.30. The van der Waals surface area contributed by atoms with Crippen molar-refractivity contribution in [3.8, 4) is 11.6 Å². The van der Waals surface area contributed by atoms with Crippen LogP contribution in [0, 0.1) is 6.92 Å². The van der Waals surface area contributed by atoms with Gasteiger partial charge in [0.1, 0.15) is 5.75 Å². The van der Waals surface area contributed by atoms with E-state index in [2.05, 4.69) is 33.2 Å². The number of hydrogen-bond acceptors (Lipinski definition) is 3. The minimum atomic E-state index is 0.539. The van der Waals surface area contributed by atoms with Crippen molar-refractivity contribution in [2.75, 3.05) is 6.54 Å². The standard InChI is InChI=1S/C16H18BrClN2O/c1-3-8-19-10-14-13(18)5-7-16(20-14)21-15-6-4-11(2)9-12(15)17/h4-7,9,19H,3,8,10H2,1-2H3. The molecule has 0 radical (unpaired) electrons. The van der Waals surface area contributed by atoms with Crippen LogP contribution in [0.3, 0.4) is 0 Å². The highest BCUT2D eigenvalue weighted by molar-refractivity contribution is 9.10. The van der Waals surface area contributed by atoms with Crippen LogP contribution in [0.1, 0.15) is 24.6 Å². The summed E-state index contributed by atoms with van der Waals surface area (Å²) in [5, 5.41) is 3.94. The van der Waals surface area contributed by atoms with E-state index in [-0.39, 0.29) is 0 Å². The molecule has 0 saturated heterocycles. The van der Waals surface area contributed by atoms with Gasteiger partial charge in [0.15, 0.2) is 0 Å². The number of nitrogens with one attached hydrogen (secondary N) is 1. The molecule has 1 aromatic carbocycles. The Morgan fingerprint density at radius 2 is 2.10 bits per heavy atom. The first kappa shape index (κ1) is 16.3. The maximum absolute atomic E-state index is 6.16. The second-order valence-corrected chi connectivity index (χ2v) is 6.05. The molecule has 2 aromatic rings. The van der Waals surface area contributed by atoms with E-state index < -0.39 is 0 Å². The molecule has 0 aliphatic heterocycles. The van der Waals surface area contributed by atoms with Gasteiger partial charge in [0, 0.05) is 12.6 Å². The van der Waals surface area contributed by atoms with Crippen LogP contribution in [-0.4, -0.2) is 11.5 Å². The number of benzene rings is 1. The molecule has 112 valence electrons. The molecule has 0 aliphatic carbocycles. The van der Waals surface area contributed by atoms with Gasteiger partial charge in [-0.3, -0.25) is 0 Å². The van der Waals surface area contributed by atoms with Crippen LogP contribution in [0.15, 0.2) is 34.8 Å². The molecular weight excluding hydrogens is 352 g/mol. The summed E-state index contributed by atoms with van der Waals surface area (Å²) in [7, 11) is 0. The van der Waals surface area contributed by atoms with Crippen molar-refractivity contribution in [3.63, 3.8) is 0 Å². The summed E-state index contributed by atoms with van der Waals surface area (Å²) in [4.78, 5) is 4.47. The quantitative estimate of drug-likeness (QED) is 0.719. The number of aryl methyl sites for hydroxylation is 1. The molecule has 0 aliphatic rings. The highest BCUT2D eigenvalue weighted by Gasteiger charge is 2.08. The Morgan fingerprint density at radius 3 is 2.81 bits per heavy atom. The van der Waals surface area contributed by atoms with Crippen LogP contribution >= 0.6 is 27.5 Å². The lowest BCUT2D eigenvalue weighted by Gasteiger charge is -2.10. The normalized spacial score (nSPS) is 10.7. The summed E-state index contributed by atoms with van der Waals surface area (Å²) in [6.07, 6.45) is 1.07. The molecule has 0 spiro atoms. The third-order valence-electron chi connectivity index (χ3n) is 2.91. The maximum Gasteiger partial charge on any atom is 0.219 e. The van der Waals surface area contributed by atoms with Crippen LogP contribution in [0.2, 0.25) is 5.02 Å². The molecule has 1 N–H and O–H groups in total. The third-order valence-corrected chi connectivity index (χ3v) is 3.88. The predicted molar refractivity (Wildman–Crippen MR) is 90.2 cm³/mol. The molecular formula is C16H18BrClN2O. The van der Waals surface area contributed by atoms with E-state index >= 15 is 0 Å². The molecule has 5 heteroatoms. The van der Waals surface area contributed by atoms with E-state index in [4.69, 9.17) is 16.3 Å². The Labute approximate surface area is 138 Å². The van der Waals surface area contributed by atoms with Gasteiger partial charge in [-0.25, -0.2) is 4.98 Å². The largest absolute Gasteiger partial charge is 0.438 e. The average Bonchev–Trinajstić information content (AvgIpc) is 2.45. The van der Waals surface area contributed by atoms with Gasteiger partial charge in [-0.2, -0.15) is 0 Å². The van der Waals surface area contributed by atoms with Gasteiger partial charge < -0.3 is 10.1 Å². The fourth-order valence-corrected chi connectivity index (χ4v) is 2.58. The number of nitrogens with zero attached hydrogens (tertiary/aromatic N) is 1. The van der Waals surface area contributed by atoms with Gasteiger partial charge in [0.2, 0.25) is 5.88 Å². The molecule has 0 atom stereocenters. The van der Waals surface area contributed by atoms with Crippen LogP contribution in [0.25, 0.3) is 0 Å². The summed E-state index contributed by atoms with van der Waals surface area (Å²) >= 11 is 9.66. The SMILES string of the molecule is CCCNCc1nc(Oc2ccc(C)cc2Br)ccc1Cl. The zero-order valence-electron chi connectivity index (χ0n) is 12.1. The molecule has 0 unspecified atom stereocenters. The number of ether oxygens (including phenoxy) is 1. The average molecular weight is 370 g/mol. The molecule has 1 aromatic heterocycles. The van der Waals surface area contributed by atoms with Crippen LogP contribution in [0.4, 0.5) is 0 Å². The van der Waals surface area contributed by atoms with Gasteiger partial charge >= 0.3 is 0 Å². The Morgan fingerprint density at radius 1 is 1.29 bits per heavy atom. The Kier molecular flexibility index (Phi) is 6.03. The van der Waals surface area contributed by atoms with Crippen molar-refractivity contribution in [1.29, 1.82) is 0 Å². The lowest BCUT2D eigenvalue weighted by molar-refractivity contribution is 0.456. The first-order valence-electron chi connectivity index (χ1n) is 6.90. The zero-order valence-corrected chi connectivity index (χ0v) is 14.5. The van der Waals surface area contributed by atoms with Crippen molar-refractivity contribution in [2.45, 2.75) is 26.8 Å². The monoisotopic (exact) mass is 368 g/mol. The van der Waals surface area contributed by atoms with E-state index in [9.17, 15) is 0 Å². The number of pyridine rings is 1. The fraction of sp³-hybridized carbons (Fsp3) is 0.312. The Bertz CT molecular complexity index is 619. The van der Waals surface area contributed by atoms with Crippen molar-refractivity contribution < 1.29 is 4.74 Å². The smallest absolute Gasteiger partial charge is 0.219 e. The summed E-state index contributed by atoms with van der Waals surface area (Å²) in [5.41, 5.74) is 1.97. The molecule has 2 rings (SSSR count). The minimum absolute atomic E-state index is 0.539. The maximum atomic E-state index is 6.16. The van der Waals surface area contributed by atoms with E-state index in [0.717, 1.165) is 28.9 Å².